The highest BCUT2D eigenvalue weighted by Gasteiger charge is 2.45. The smallest absolute Gasteiger partial charge is 0.393 e. The van der Waals surface area contributed by atoms with Gasteiger partial charge in [-0.3, -0.25) is 4.90 Å². The number of aliphatic hydroxyl groups excluding tert-OH is 1. The first kappa shape index (κ1) is 15.1. The lowest BCUT2D eigenvalue weighted by molar-refractivity contribution is -0.188. The Hall–Kier alpha value is -0.330. The Morgan fingerprint density at radius 2 is 2.11 bits per heavy atom. The first-order valence-corrected chi connectivity index (χ1v) is 7.01. The lowest BCUT2D eigenvalue weighted by Gasteiger charge is -2.38. The number of hydrogen-bond acceptors (Lipinski definition) is 3. The summed E-state index contributed by atoms with van der Waals surface area (Å²) < 4.78 is 38.4. The van der Waals surface area contributed by atoms with Gasteiger partial charge in [0, 0.05) is 18.1 Å². The average Bonchev–Trinajstić information content (AvgIpc) is 2.83. The molecule has 1 aliphatic carbocycles. The first-order valence-electron chi connectivity index (χ1n) is 7.01. The second-order valence-electron chi connectivity index (χ2n) is 5.96. The predicted octanol–water partition coefficient (Wildman–Crippen LogP) is 1.76. The summed E-state index contributed by atoms with van der Waals surface area (Å²) in [6.07, 6.45) is -0.765. The molecule has 2 rings (SSSR count). The first-order chi connectivity index (χ1) is 8.90. The van der Waals surface area contributed by atoms with Crippen molar-refractivity contribution in [3.63, 3.8) is 0 Å². The number of likely N-dealkylation sites (tertiary alicyclic amines) is 1. The summed E-state index contributed by atoms with van der Waals surface area (Å²) >= 11 is 0. The van der Waals surface area contributed by atoms with Gasteiger partial charge in [0.2, 0.25) is 0 Å². The number of aliphatic hydroxyl groups is 1. The molecule has 2 aliphatic rings. The summed E-state index contributed by atoms with van der Waals surface area (Å²) in [5.41, 5.74) is -0.296. The number of halogens is 3. The molecule has 1 aliphatic heterocycles. The van der Waals surface area contributed by atoms with Crippen LogP contribution >= 0.6 is 0 Å². The van der Waals surface area contributed by atoms with Gasteiger partial charge < -0.3 is 10.4 Å². The van der Waals surface area contributed by atoms with Crippen LogP contribution in [0.3, 0.4) is 0 Å². The molecule has 0 bridgehead atoms. The van der Waals surface area contributed by atoms with E-state index in [-0.39, 0.29) is 31.2 Å². The summed E-state index contributed by atoms with van der Waals surface area (Å²) in [5.74, 6) is -1.18. The quantitative estimate of drug-likeness (QED) is 0.827. The lowest BCUT2D eigenvalue weighted by atomic mass is 9.94. The van der Waals surface area contributed by atoms with Crippen molar-refractivity contribution in [2.45, 2.75) is 49.9 Å². The molecule has 3 atom stereocenters. The highest BCUT2D eigenvalue weighted by molar-refractivity contribution is 4.99. The number of nitrogens with zero attached hydrogens (tertiary/aromatic N) is 1. The van der Waals surface area contributed by atoms with Gasteiger partial charge in [0.05, 0.1) is 12.5 Å². The molecular weight excluding hydrogens is 257 g/mol. The van der Waals surface area contributed by atoms with Gasteiger partial charge in [-0.25, -0.2) is 0 Å². The molecule has 19 heavy (non-hydrogen) atoms. The second kappa shape index (κ2) is 5.58. The zero-order valence-electron chi connectivity index (χ0n) is 11.3. The number of piperidine rings is 1. The van der Waals surface area contributed by atoms with Gasteiger partial charge >= 0.3 is 6.18 Å². The molecule has 3 unspecified atom stereocenters. The van der Waals surface area contributed by atoms with E-state index in [2.05, 4.69) is 5.32 Å². The monoisotopic (exact) mass is 280 g/mol. The minimum atomic E-state index is -4.08. The third-order valence-corrected chi connectivity index (χ3v) is 4.85. The summed E-state index contributed by atoms with van der Waals surface area (Å²) in [7, 11) is 1.81. The molecule has 1 saturated heterocycles. The second-order valence-corrected chi connectivity index (χ2v) is 5.96. The van der Waals surface area contributed by atoms with Crippen molar-refractivity contribution in [1.29, 1.82) is 0 Å². The number of alkyl halides is 3. The van der Waals surface area contributed by atoms with Crippen LogP contribution in [0, 0.1) is 5.92 Å². The van der Waals surface area contributed by atoms with E-state index < -0.39 is 12.1 Å². The Balaban J connectivity index is 1.96. The van der Waals surface area contributed by atoms with Crippen LogP contribution in [0.1, 0.15) is 32.1 Å². The minimum absolute atomic E-state index is 0.0521. The van der Waals surface area contributed by atoms with Gasteiger partial charge in [-0.05, 0) is 45.7 Å². The number of rotatable bonds is 3. The molecule has 0 aromatic heterocycles. The molecule has 2 fully saturated rings. The molecule has 3 nitrogen and oxygen atoms in total. The van der Waals surface area contributed by atoms with Crippen molar-refractivity contribution in [1.82, 2.24) is 10.2 Å². The van der Waals surface area contributed by atoms with Gasteiger partial charge in [0.25, 0.3) is 0 Å². The van der Waals surface area contributed by atoms with Crippen molar-refractivity contribution in [2.24, 2.45) is 5.92 Å². The van der Waals surface area contributed by atoms with Crippen molar-refractivity contribution in [2.75, 3.05) is 26.7 Å². The van der Waals surface area contributed by atoms with E-state index in [0.717, 1.165) is 25.8 Å². The molecule has 6 heteroatoms. The van der Waals surface area contributed by atoms with E-state index in [1.807, 2.05) is 11.9 Å². The van der Waals surface area contributed by atoms with E-state index in [4.69, 9.17) is 0 Å². The van der Waals surface area contributed by atoms with Crippen LogP contribution < -0.4 is 5.32 Å². The third-order valence-electron chi connectivity index (χ3n) is 4.85. The summed E-state index contributed by atoms with van der Waals surface area (Å²) in [4.78, 5) is 1.98. The molecular formula is C13H23F3N2O. The van der Waals surface area contributed by atoms with Gasteiger partial charge in [0.15, 0.2) is 0 Å². The average molecular weight is 280 g/mol. The van der Waals surface area contributed by atoms with Crippen molar-refractivity contribution in [3.05, 3.63) is 0 Å². The highest BCUT2D eigenvalue weighted by atomic mass is 19.4. The Bertz CT molecular complexity index is 305. The zero-order chi connectivity index (χ0) is 14.1. The SMILES string of the molecule is CNC1(CO)CCC(N2CCCC(C(F)(F)F)C2)C1. The fraction of sp³-hybridized carbons (Fsp3) is 1.00. The van der Waals surface area contributed by atoms with Crippen LogP contribution in [0.15, 0.2) is 0 Å². The van der Waals surface area contributed by atoms with Crippen LogP contribution in [0.4, 0.5) is 13.2 Å². The topological polar surface area (TPSA) is 35.5 Å². The normalized spacial score (nSPS) is 37.7. The fourth-order valence-corrected chi connectivity index (χ4v) is 3.46. The van der Waals surface area contributed by atoms with Gasteiger partial charge in [-0.15, -0.1) is 0 Å². The van der Waals surface area contributed by atoms with Gasteiger partial charge in [0.1, 0.15) is 0 Å². The van der Waals surface area contributed by atoms with E-state index in [9.17, 15) is 18.3 Å². The Labute approximate surface area is 112 Å². The molecule has 1 heterocycles. The number of likely N-dealkylation sites (N-methyl/N-ethyl adjacent to an activating group) is 1. The summed E-state index contributed by atoms with van der Waals surface area (Å²) in [5, 5.41) is 12.6. The molecule has 112 valence electrons. The van der Waals surface area contributed by atoms with Gasteiger partial charge in [-0.1, -0.05) is 0 Å². The van der Waals surface area contributed by atoms with Crippen LogP contribution in [-0.4, -0.2) is 54.5 Å². The maximum absolute atomic E-state index is 12.8. The number of nitrogens with one attached hydrogen (secondary N) is 1. The number of hydrogen-bond donors (Lipinski definition) is 2. The van der Waals surface area contributed by atoms with Crippen LogP contribution in [0.2, 0.25) is 0 Å². The third kappa shape index (κ3) is 3.23. The minimum Gasteiger partial charge on any atom is -0.394 e. The highest BCUT2D eigenvalue weighted by Crippen LogP contribution is 2.38. The van der Waals surface area contributed by atoms with E-state index in [1.165, 1.54) is 0 Å². The van der Waals surface area contributed by atoms with Crippen molar-refractivity contribution in [3.8, 4) is 0 Å². The van der Waals surface area contributed by atoms with Crippen LogP contribution in [0.5, 0.6) is 0 Å². The molecule has 0 spiro atoms. The molecule has 0 aromatic rings. The lowest BCUT2D eigenvalue weighted by Crippen LogP contribution is -2.49. The van der Waals surface area contributed by atoms with E-state index in [0.29, 0.717) is 6.42 Å². The van der Waals surface area contributed by atoms with Crippen LogP contribution in [0.25, 0.3) is 0 Å². The molecule has 0 radical (unpaired) electrons. The Morgan fingerprint density at radius 3 is 2.63 bits per heavy atom. The largest absolute Gasteiger partial charge is 0.394 e. The zero-order valence-corrected chi connectivity index (χ0v) is 11.3. The van der Waals surface area contributed by atoms with Crippen molar-refractivity contribution < 1.29 is 18.3 Å². The molecule has 0 amide bonds. The Morgan fingerprint density at radius 1 is 1.37 bits per heavy atom. The van der Waals surface area contributed by atoms with Crippen molar-refractivity contribution >= 4 is 0 Å². The maximum atomic E-state index is 12.8. The summed E-state index contributed by atoms with van der Waals surface area (Å²) in [6.45, 7) is 0.929. The van der Waals surface area contributed by atoms with E-state index >= 15 is 0 Å². The Kier molecular flexibility index (Phi) is 4.42. The molecule has 0 aromatic carbocycles. The van der Waals surface area contributed by atoms with E-state index in [1.54, 1.807) is 0 Å². The fourth-order valence-electron chi connectivity index (χ4n) is 3.46. The standard InChI is InChI=1S/C13H23F3N2O/c1-17-12(9-19)5-4-11(7-12)18-6-2-3-10(8-18)13(14,15)16/h10-11,17,19H,2-9H2,1H3. The molecule has 2 N–H and O–H groups in total. The van der Waals surface area contributed by atoms with Gasteiger partial charge in [-0.2, -0.15) is 13.2 Å². The maximum Gasteiger partial charge on any atom is 0.393 e. The molecule has 1 saturated carbocycles. The summed E-state index contributed by atoms with van der Waals surface area (Å²) in [6, 6.07) is 0.171. The predicted molar refractivity (Wildman–Crippen MR) is 66.9 cm³/mol. The van der Waals surface area contributed by atoms with Crippen LogP contribution in [-0.2, 0) is 0 Å².